The SMILES string of the molecule is N#Cc1c(Cl)cccc1N1CCC1. The van der Waals surface area contributed by atoms with Gasteiger partial charge < -0.3 is 4.90 Å². The van der Waals surface area contributed by atoms with Crippen LogP contribution in [0.25, 0.3) is 0 Å². The maximum absolute atomic E-state index is 8.91. The molecule has 1 saturated heterocycles. The van der Waals surface area contributed by atoms with Crippen LogP contribution in [-0.2, 0) is 0 Å². The predicted octanol–water partition coefficient (Wildman–Crippen LogP) is 2.42. The molecule has 1 heterocycles. The Morgan fingerprint density at radius 1 is 1.38 bits per heavy atom. The highest BCUT2D eigenvalue weighted by Crippen LogP contribution is 2.29. The van der Waals surface area contributed by atoms with Gasteiger partial charge in [-0.1, -0.05) is 17.7 Å². The van der Waals surface area contributed by atoms with Crippen molar-refractivity contribution >= 4 is 17.3 Å². The molecule has 2 rings (SSSR count). The third-order valence-corrected chi connectivity index (χ3v) is 2.62. The first-order chi connectivity index (χ1) is 6.33. The monoisotopic (exact) mass is 192 g/mol. The van der Waals surface area contributed by atoms with Gasteiger partial charge in [0.1, 0.15) is 6.07 Å². The van der Waals surface area contributed by atoms with Crippen LogP contribution in [0.3, 0.4) is 0 Å². The number of nitriles is 1. The van der Waals surface area contributed by atoms with Crippen molar-refractivity contribution in [2.75, 3.05) is 18.0 Å². The zero-order valence-corrected chi connectivity index (χ0v) is 7.88. The molecule has 66 valence electrons. The summed E-state index contributed by atoms with van der Waals surface area (Å²) in [6.07, 6.45) is 1.21. The van der Waals surface area contributed by atoms with Crippen LogP contribution < -0.4 is 4.90 Å². The third-order valence-electron chi connectivity index (χ3n) is 2.30. The molecule has 2 nitrogen and oxygen atoms in total. The van der Waals surface area contributed by atoms with Gasteiger partial charge in [-0.3, -0.25) is 0 Å². The Labute approximate surface area is 82.3 Å². The quantitative estimate of drug-likeness (QED) is 0.684. The van der Waals surface area contributed by atoms with E-state index >= 15 is 0 Å². The second-order valence-electron chi connectivity index (χ2n) is 3.09. The Hall–Kier alpha value is -1.20. The van der Waals surface area contributed by atoms with Gasteiger partial charge in [-0.25, -0.2) is 0 Å². The van der Waals surface area contributed by atoms with E-state index in [1.807, 2.05) is 12.1 Å². The van der Waals surface area contributed by atoms with E-state index in [0.717, 1.165) is 18.8 Å². The molecule has 1 aromatic carbocycles. The molecule has 1 aromatic rings. The van der Waals surface area contributed by atoms with E-state index in [9.17, 15) is 0 Å². The van der Waals surface area contributed by atoms with Crippen LogP contribution in [0.15, 0.2) is 18.2 Å². The maximum atomic E-state index is 8.91. The summed E-state index contributed by atoms with van der Waals surface area (Å²) in [6.45, 7) is 2.07. The molecule has 0 amide bonds. The summed E-state index contributed by atoms with van der Waals surface area (Å²) in [7, 11) is 0. The lowest BCUT2D eigenvalue weighted by Crippen LogP contribution is -2.37. The average molecular weight is 193 g/mol. The molecule has 1 aliphatic heterocycles. The fourth-order valence-corrected chi connectivity index (χ4v) is 1.66. The topological polar surface area (TPSA) is 27.0 Å². The summed E-state index contributed by atoms with van der Waals surface area (Å²) in [5.41, 5.74) is 1.57. The van der Waals surface area contributed by atoms with Crippen LogP contribution in [-0.4, -0.2) is 13.1 Å². The minimum atomic E-state index is 0.548. The molecule has 0 spiro atoms. The van der Waals surface area contributed by atoms with Gasteiger partial charge in [-0.2, -0.15) is 5.26 Å². The van der Waals surface area contributed by atoms with Crippen LogP contribution in [0.5, 0.6) is 0 Å². The summed E-state index contributed by atoms with van der Waals surface area (Å²) in [5, 5.41) is 9.45. The second-order valence-corrected chi connectivity index (χ2v) is 3.49. The molecule has 1 fully saturated rings. The highest BCUT2D eigenvalue weighted by atomic mass is 35.5. The van der Waals surface area contributed by atoms with Crippen molar-refractivity contribution in [1.82, 2.24) is 0 Å². The molecule has 0 saturated carbocycles. The van der Waals surface area contributed by atoms with Crippen molar-refractivity contribution < 1.29 is 0 Å². The summed E-state index contributed by atoms with van der Waals surface area (Å²) in [4.78, 5) is 2.17. The first-order valence-corrected chi connectivity index (χ1v) is 4.64. The van der Waals surface area contributed by atoms with Gasteiger partial charge in [0, 0.05) is 13.1 Å². The molecule has 0 radical (unpaired) electrons. The van der Waals surface area contributed by atoms with Crippen molar-refractivity contribution in [2.24, 2.45) is 0 Å². The van der Waals surface area contributed by atoms with Crippen LogP contribution in [0.2, 0.25) is 5.02 Å². The number of nitrogens with zero attached hydrogens (tertiary/aromatic N) is 2. The van der Waals surface area contributed by atoms with E-state index in [2.05, 4.69) is 11.0 Å². The predicted molar refractivity (Wildman–Crippen MR) is 53.0 cm³/mol. The normalized spacial score (nSPS) is 14.9. The fourth-order valence-electron chi connectivity index (χ4n) is 1.44. The minimum Gasteiger partial charge on any atom is -0.370 e. The van der Waals surface area contributed by atoms with E-state index in [1.165, 1.54) is 6.42 Å². The lowest BCUT2D eigenvalue weighted by atomic mass is 10.1. The van der Waals surface area contributed by atoms with Crippen LogP contribution in [0.1, 0.15) is 12.0 Å². The number of rotatable bonds is 1. The number of hydrogen-bond donors (Lipinski definition) is 0. The molecule has 0 atom stereocenters. The van der Waals surface area contributed by atoms with Gasteiger partial charge in [0.25, 0.3) is 0 Å². The molecule has 0 N–H and O–H groups in total. The minimum absolute atomic E-state index is 0.548. The van der Waals surface area contributed by atoms with Gasteiger partial charge in [0.2, 0.25) is 0 Å². The maximum Gasteiger partial charge on any atom is 0.103 e. The Morgan fingerprint density at radius 2 is 2.15 bits per heavy atom. The van der Waals surface area contributed by atoms with E-state index in [-0.39, 0.29) is 0 Å². The standard InChI is InChI=1S/C10H9ClN2/c11-9-3-1-4-10(8(9)7-12)13-5-2-6-13/h1,3-4H,2,5-6H2. The largest absolute Gasteiger partial charge is 0.370 e. The first-order valence-electron chi connectivity index (χ1n) is 4.26. The summed E-state index contributed by atoms with van der Waals surface area (Å²) in [6, 6.07) is 7.73. The van der Waals surface area contributed by atoms with E-state index in [1.54, 1.807) is 6.07 Å². The fraction of sp³-hybridized carbons (Fsp3) is 0.300. The van der Waals surface area contributed by atoms with Crippen molar-refractivity contribution in [3.05, 3.63) is 28.8 Å². The second kappa shape index (κ2) is 3.27. The molecule has 1 aliphatic rings. The van der Waals surface area contributed by atoms with Crippen LogP contribution in [0.4, 0.5) is 5.69 Å². The van der Waals surface area contributed by atoms with E-state index in [4.69, 9.17) is 16.9 Å². The molecule has 0 bridgehead atoms. The Morgan fingerprint density at radius 3 is 2.69 bits per heavy atom. The van der Waals surface area contributed by atoms with Gasteiger partial charge in [-0.15, -0.1) is 0 Å². The highest BCUT2D eigenvalue weighted by Gasteiger charge is 2.18. The van der Waals surface area contributed by atoms with Crippen molar-refractivity contribution in [3.8, 4) is 6.07 Å². The number of anilines is 1. The van der Waals surface area contributed by atoms with E-state index < -0.39 is 0 Å². The lowest BCUT2D eigenvalue weighted by molar-refractivity contribution is 0.617. The van der Waals surface area contributed by atoms with Crippen molar-refractivity contribution in [3.63, 3.8) is 0 Å². The Balaban J connectivity index is 2.44. The first kappa shape index (κ1) is 8.40. The highest BCUT2D eigenvalue weighted by molar-refractivity contribution is 6.32. The summed E-state index contributed by atoms with van der Waals surface area (Å²) >= 11 is 5.91. The van der Waals surface area contributed by atoms with Crippen LogP contribution in [0, 0.1) is 11.3 Å². The molecular formula is C10H9ClN2. The smallest absolute Gasteiger partial charge is 0.103 e. The molecule has 0 unspecified atom stereocenters. The van der Waals surface area contributed by atoms with Crippen LogP contribution >= 0.6 is 11.6 Å². The Bertz CT molecular complexity index is 364. The number of hydrogen-bond acceptors (Lipinski definition) is 2. The lowest BCUT2D eigenvalue weighted by Gasteiger charge is -2.33. The molecule has 13 heavy (non-hydrogen) atoms. The number of halogens is 1. The van der Waals surface area contributed by atoms with Gasteiger partial charge in [0.05, 0.1) is 16.3 Å². The Kier molecular flexibility index (Phi) is 2.12. The van der Waals surface area contributed by atoms with Crippen molar-refractivity contribution in [2.45, 2.75) is 6.42 Å². The average Bonchev–Trinajstić information content (AvgIpc) is 2.01. The summed E-state index contributed by atoms with van der Waals surface area (Å²) < 4.78 is 0. The van der Waals surface area contributed by atoms with Gasteiger partial charge >= 0.3 is 0 Å². The molecule has 0 aliphatic carbocycles. The van der Waals surface area contributed by atoms with Crippen molar-refractivity contribution in [1.29, 1.82) is 5.26 Å². The summed E-state index contributed by atoms with van der Waals surface area (Å²) in [5.74, 6) is 0. The van der Waals surface area contributed by atoms with Gasteiger partial charge in [0.15, 0.2) is 0 Å². The molecular weight excluding hydrogens is 184 g/mol. The molecule has 0 aromatic heterocycles. The molecule has 3 heteroatoms. The zero-order valence-electron chi connectivity index (χ0n) is 7.13. The third kappa shape index (κ3) is 1.36. The van der Waals surface area contributed by atoms with Gasteiger partial charge in [-0.05, 0) is 18.6 Å². The zero-order chi connectivity index (χ0) is 9.26. The van der Waals surface area contributed by atoms with E-state index in [0.29, 0.717) is 10.6 Å². The number of benzene rings is 1.